The largest absolute Gasteiger partial charge is 0.383 e. The van der Waals surface area contributed by atoms with E-state index >= 15 is 0 Å². The highest BCUT2D eigenvalue weighted by Gasteiger charge is 2.15. The zero-order valence-corrected chi connectivity index (χ0v) is 14.3. The van der Waals surface area contributed by atoms with E-state index in [-0.39, 0.29) is 5.28 Å². The Bertz CT molecular complexity index is 624. The summed E-state index contributed by atoms with van der Waals surface area (Å²) >= 11 is 12.0. The van der Waals surface area contributed by atoms with E-state index in [2.05, 4.69) is 29.6 Å². The molecule has 0 saturated heterocycles. The van der Waals surface area contributed by atoms with Gasteiger partial charge in [0.1, 0.15) is 23.3 Å². The lowest BCUT2D eigenvalue weighted by molar-refractivity contribution is 0.0900. The lowest BCUT2D eigenvalue weighted by Gasteiger charge is -2.16. The summed E-state index contributed by atoms with van der Waals surface area (Å²) < 4.78 is 7.43. The molecule has 5 nitrogen and oxygen atoms in total. The molecule has 2 rings (SSSR count). The van der Waals surface area contributed by atoms with Crippen LogP contribution in [0.15, 0.2) is 6.07 Å². The molecule has 0 saturated carbocycles. The fourth-order valence-corrected chi connectivity index (χ4v) is 2.91. The van der Waals surface area contributed by atoms with Crippen molar-refractivity contribution in [3.63, 3.8) is 0 Å². The van der Waals surface area contributed by atoms with Crippen LogP contribution >= 0.6 is 23.2 Å². The van der Waals surface area contributed by atoms with Gasteiger partial charge in [-0.2, -0.15) is 4.98 Å². The SMILES string of the molecule is C[Si](C)(C)CCOCn1c(Cl)cc2c(N)nc(Cl)nc21. The van der Waals surface area contributed by atoms with Crippen LogP contribution in [0.2, 0.25) is 36.1 Å². The molecule has 0 fully saturated rings. The first kappa shape index (κ1) is 15.6. The Hall–Kier alpha value is -0.823. The van der Waals surface area contributed by atoms with Crippen molar-refractivity contribution in [2.75, 3.05) is 12.3 Å². The maximum Gasteiger partial charge on any atom is 0.226 e. The fraction of sp³-hybridized carbons (Fsp3) is 0.500. The highest BCUT2D eigenvalue weighted by molar-refractivity contribution is 6.76. The molecule has 0 aromatic carbocycles. The highest BCUT2D eigenvalue weighted by atomic mass is 35.5. The van der Waals surface area contributed by atoms with Crippen LogP contribution < -0.4 is 5.73 Å². The molecule has 0 atom stereocenters. The Balaban J connectivity index is 2.16. The van der Waals surface area contributed by atoms with Crippen molar-refractivity contribution < 1.29 is 4.74 Å². The van der Waals surface area contributed by atoms with Crippen LogP contribution in [0.25, 0.3) is 11.0 Å². The van der Waals surface area contributed by atoms with E-state index in [1.807, 2.05) is 0 Å². The number of anilines is 1. The van der Waals surface area contributed by atoms with Gasteiger partial charge in [-0.05, 0) is 23.7 Å². The third-order valence-electron chi connectivity index (χ3n) is 2.92. The summed E-state index contributed by atoms with van der Waals surface area (Å²) in [6.45, 7) is 7.96. The predicted octanol–water partition coefficient (Wildman–Crippen LogP) is 3.63. The fourth-order valence-electron chi connectivity index (χ4n) is 1.75. The Morgan fingerprint density at radius 1 is 1.30 bits per heavy atom. The van der Waals surface area contributed by atoms with Crippen LogP contribution in [-0.4, -0.2) is 29.2 Å². The molecule has 0 aliphatic carbocycles. The molecule has 0 amide bonds. The molecule has 0 aliphatic heterocycles. The number of nitrogen functional groups attached to an aromatic ring is 1. The standard InChI is InChI=1S/C12H18Cl2N4OSi/c1-20(2,3)5-4-19-7-18-9(13)6-8-10(15)16-12(14)17-11(8)18/h6H,4-5,7H2,1-3H3,(H2,15,16,17). The first-order chi connectivity index (χ1) is 9.28. The zero-order chi connectivity index (χ0) is 14.9. The van der Waals surface area contributed by atoms with E-state index in [9.17, 15) is 0 Å². The van der Waals surface area contributed by atoms with Crippen LogP contribution in [0.3, 0.4) is 0 Å². The molecule has 2 aromatic rings. The third-order valence-corrected chi connectivity index (χ3v) is 5.11. The molecule has 8 heteroatoms. The van der Waals surface area contributed by atoms with E-state index in [4.69, 9.17) is 33.7 Å². The molecule has 110 valence electrons. The molecule has 0 aliphatic rings. The number of ether oxygens (including phenoxy) is 1. The second-order valence-corrected chi connectivity index (χ2v) is 12.2. The van der Waals surface area contributed by atoms with E-state index < -0.39 is 8.07 Å². The van der Waals surface area contributed by atoms with Gasteiger partial charge in [-0.1, -0.05) is 31.2 Å². The summed E-state index contributed by atoms with van der Waals surface area (Å²) in [7, 11) is -1.10. The van der Waals surface area contributed by atoms with Crippen molar-refractivity contribution >= 4 is 48.1 Å². The third kappa shape index (κ3) is 3.63. The average Bonchev–Trinajstić information content (AvgIpc) is 2.61. The van der Waals surface area contributed by atoms with Gasteiger partial charge in [-0.3, -0.25) is 4.57 Å². The number of fused-ring (bicyclic) bond motifs is 1. The number of halogens is 2. The molecule has 20 heavy (non-hydrogen) atoms. The molecule has 2 heterocycles. The number of nitrogens with zero attached hydrogens (tertiary/aromatic N) is 3. The van der Waals surface area contributed by atoms with Gasteiger partial charge in [0.25, 0.3) is 0 Å². The summed E-state index contributed by atoms with van der Waals surface area (Å²) in [6.07, 6.45) is 0. The molecule has 0 bridgehead atoms. The monoisotopic (exact) mass is 332 g/mol. The van der Waals surface area contributed by atoms with Gasteiger partial charge in [0.15, 0.2) is 0 Å². The quantitative estimate of drug-likeness (QED) is 0.515. The number of nitrogens with two attached hydrogens (primary N) is 1. The minimum Gasteiger partial charge on any atom is -0.383 e. The Labute approximate surface area is 129 Å². The van der Waals surface area contributed by atoms with Crippen molar-refractivity contribution in [3.8, 4) is 0 Å². The second-order valence-electron chi connectivity index (χ2n) is 5.86. The lowest BCUT2D eigenvalue weighted by atomic mass is 10.4. The second kappa shape index (κ2) is 5.89. The van der Waals surface area contributed by atoms with Gasteiger partial charge < -0.3 is 10.5 Å². The predicted molar refractivity (Wildman–Crippen MR) is 86.1 cm³/mol. The Kier molecular flexibility index (Phi) is 4.58. The van der Waals surface area contributed by atoms with E-state index in [0.29, 0.717) is 35.3 Å². The van der Waals surface area contributed by atoms with Gasteiger partial charge in [0.2, 0.25) is 5.28 Å². The molecule has 0 radical (unpaired) electrons. The summed E-state index contributed by atoms with van der Waals surface area (Å²) in [5, 5.41) is 1.30. The normalized spacial score (nSPS) is 12.2. The maximum absolute atomic E-state index is 6.19. The van der Waals surface area contributed by atoms with Crippen LogP contribution in [0.4, 0.5) is 5.82 Å². The van der Waals surface area contributed by atoms with Crippen molar-refractivity contribution in [3.05, 3.63) is 16.5 Å². The van der Waals surface area contributed by atoms with Crippen LogP contribution in [0, 0.1) is 0 Å². The molecule has 0 unspecified atom stereocenters. The minimum atomic E-state index is -1.10. The number of aromatic nitrogens is 3. The summed E-state index contributed by atoms with van der Waals surface area (Å²) in [5.41, 5.74) is 6.41. The Morgan fingerprint density at radius 3 is 2.65 bits per heavy atom. The highest BCUT2D eigenvalue weighted by Crippen LogP contribution is 2.27. The van der Waals surface area contributed by atoms with Gasteiger partial charge in [-0.15, -0.1) is 0 Å². The van der Waals surface area contributed by atoms with E-state index in [1.54, 1.807) is 10.6 Å². The van der Waals surface area contributed by atoms with Crippen molar-refractivity contribution in [2.45, 2.75) is 32.4 Å². The van der Waals surface area contributed by atoms with Gasteiger partial charge in [0, 0.05) is 14.7 Å². The van der Waals surface area contributed by atoms with Gasteiger partial charge >= 0.3 is 0 Å². The van der Waals surface area contributed by atoms with E-state index in [1.165, 1.54) is 0 Å². The smallest absolute Gasteiger partial charge is 0.226 e. The first-order valence-electron chi connectivity index (χ1n) is 6.33. The van der Waals surface area contributed by atoms with E-state index in [0.717, 1.165) is 6.04 Å². The molecular formula is C12H18Cl2N4OSi. The number of hydrogen-bond donors (Lipinski definition) is 1. The van der Waals surface area contributed by atoms with Crippen LogP contribution in [-0.2, 0) is 11.5 Å². The summed E-state index contributed by atoms with van der Waals surface area (Å²) in [6, 6.07) is 2.83. The molecule has 0 spiro atoms. The Morgan fingerprint density at radius 2 is 2.00 bits per heavy atom. The van der Waals surface area contributed by atoms with Crippen molar-refractivity contribution in [2.24, 2.45) is 0 Å². The topological polar surface area (TPSA) is 66.0 Å². The average molecular weight is 333 g/mol. The van der Waals surface area contributed by atoms with Crippen LogP contribution in [0.1, 0.15) is 0 Å². The lowest BCUT2D eigenvalue weighted by Crippen LogP contribution is -2.22. The van der Waals surface area contributed by atoms with Gasteiger partial charge in [-0.25, -0.2) is 4.98 Å². The summed E-state index contributed by atoms with van der Waals surface area (Å²) in [4.78, 5) is 8.08. The number of hydrogen-bond acceptors (Lipinski definition) is 4. The molecular weight excluding hydrogens is 315 g/mol. The van der Waals surface area contributed by atoms with Crippen molar-refractivity contribution in [1.29, 1.82) is 0 Å². The van der Waals surface area contributed by atoms with Crippen molar-refractivity contribution in [1.82, 2.24) is 14.5 Å². The maximum atomic E-state index is 6.19. The zero-order valence-electron chi connectivity index (χ0n) is 11.8. The van der Waals surface area contributed by atoms with Gasteiger partial charge in [0.05, 0.1) is 5.39 Å². The summed E-state index contributed by atoms with van der Waals surface area (Å²) in [5.74, 6) is 0.322. The first-order valence-corrected chi connectivity index (χ1v) is 10.8. The molecule has 2 N–H and O–H groups in total. The van der Waals surface area contributed by atoms with Crippen LogP contribution in [0.5, 0.6) is 0 Å². The minimum absolute atomic E-state index is 0.105. The number of rotatable bonds is 5. The molecule has 2 aromatic heterocycles.